The van der Waals surface area contributed by atoms with E-state index in [2.05, 4.69) is 10.9 Å². The highest BCUT2D eigenvalue weighted by molar-refractivity contribution is 7.10. The van der Waals surface area contributed by atoms with Crippen LogP contribution in [-0.4, -0.2) is 22.9 Å². The number of hydrogen-bond acceptors (Lipinski definition) is 4. The Morgan fingerprint density at radius 1 is 1.08 bits per heavy atom. The Kier molecular flexibility index (Phi) is 4.92. The van der Waals surface area contributed by atoms with Crippen molar-refractivity contribution in [2.45, 2.75) is 40.5 Å². The fourth-order valence-corrected chi connectivity index (χ4v) is 5.48. The van der Waals surface area contributed by atoms with Crippen LogP contribution in [0.25, 0.3) is 0 Å². The largest absolute Gasteiger partial charge is 0.481 e. The first-order chi connectivity index (χ1) is 12.2. The lowest BCUT2D eigenvalue weighted by atomic mass is 9.79. The van der Waals surface area contributed by atoms with E-state index in [0.29, 0.717) is 5.56 Å². The maximum atomic E-state index is 12.7. The molecule has 2 bridgehead atoms. The Labute approximate surface area is 156 Å². The van der Waals surface area contributed by atoms with E-state index in [1.807, 2.05) is 27.7 Å². The minimum atomic E-state index is -0.938. The molecule has 1 heterocycles. The number of carbonyl (C=O) groups excluding carboxylic acids is 2. The third-order valence-electron chi connectivity index (χ3n) is 5.84. The lowest BCUT2D eigenvalue weighted by Crippen LogP contribution is -2.48. The molecular weight excluding hydrogens is 352 g/mol. The third kappa shape index (κ3) is 2.94. The number of nitrogens with one attached hydrogen (secondary N) is 2. The molecule has 26 heavy (non-hydrogen) atoms. The molecular formula is C19H24N2O4S. The molecule has 0 unspecified atom stereocenters. The molecule has 2 aliphatic rings. The average Bonchev–Trinajstić information content (AvgIpc) is 3.24. The zero-order chi connectivity index (χ0) is 19.2. The van der Waals surface area contributed by atoms with Crippen LogP contribution in [0.3, 0.4) is 0 Å². The molecule has 0 radical (unpaired) electrons. The van der Waals surface area contributed by atoms with Crippen LogP contribution in [0.4, 0.5) is 0 Å². The van der Waals surface area contributed by atoms with Crippen molar-refractivity contribution in [3.05, 3.63) is 32.5 Å². The number of allylic oxidation sites excluding steroid dienone is 2. The second-order valence-corrected chi connectivity index (χ2v) is 8.49. The van der Waals surface area contributed by atoms with E-state index in [-0.39, 0.29) is 17.7 Å². The van der Waals surface area contributed by atoms with Crippen molar-refractivity contribution in [3.63, 3.8) is 0 Å². The first kappa shape index (κ1) is 18.6. The van der Waals surface area contributed by atoms with Gasteiger partial charge in [-0.25, -0.2) is 0 Å². The van der Waals surface area contributed by atoms with E-state index >= 15 is 0 Å². The summed E-state index contributed by atoms with van der Waals surface area (Å²) in [6, 6.07) is 0. The number of aryl methyl sites for hydroxylation is 1. The molecule has 0 aromatic carbocycles. The Balaban J connectivity index is 1.75. The first-order valence-electron chi connectivity index (χ1n) is 8.79. The standard InChI is InChI=1S/C19H24N2O4S/c1-8(2)14-11-5-6-12(14)16(19(24)25)15(11)18(23)21-20-17(22)13-7-26-10(4)9(13)3/h7,11-12,15-16H,5-6H2,1-4H3,(H,20,22)(H,21,23)(H,24,25)/t11-,12+,15+,16+/m0/s1. The minimum absolute atomic E-state index is 0.0480. The van der Waals surface area contributed by atoms with Crippen molar-refractivity contribution in [2.75, 3.05) is 0 Å². The molecule has 0 spiro atoms. The number of amides is 2. The van der Waals surface area contributed by atoms with Crippen LogP contribution in [0.2, 0.25) is 0 Å². The molecule has 0 saturated heterocycles. The zero-order valence-corrected chi connectivity index (χ0v) is 16.2. The summed E-state index contributed by atoms with van der Waals surface area (Å²) in [6.45, 7) is 7.75. The third-order valence-corrected chi connectivity index (χ3v) is 6.85. The Morgan fingerprint density at radius 2 is 1.69 bits per heavy atom. The summed E-state index contributed by atoms with van der Waals surface area (Å²) in [5.74, 6) is -3.21. The van der Waals surface area contributed by atoms with Gasteiger partial charge >= 0.3 is 5.97 Å². The number of aliphatic carboxylic acids is 1. The van der Waals surface area contributed by atoms with Crippen LogP contribution in [0.1, 0.15) is 47.5 Å². The summed E-state index contributed by atoms with van der Waals surface area (Å²) >= 11 is 1.48. The van der Waals surface area contributed by atoms with E-state index in [1.54, 1.807) is 5.38 Å². The van der Waals surface area contributed by atoms with Crippen LogP contribution >= 0.6 is 11.3 Å². The molecule has 2 amide bonds. The smallest absolute Gasteiger partial charge is 0.307 e. The van der Waals surface area contributed by atoms with Crippen LogP contribution in [-0.2, 0) is 9.59 Å². The highest BCUT2D eigenvalue weighted by Gasteiger charge is 2.57. The van der Waals surface area contributed by atoms with Crippen molar-refractivity contribution in [1.29, 1.82) is 0 Å². The van der Waals surface area contributed by atoms with Gasteiger partial charge in [0.05, 0.1) is 17.4 Å². The summed E-state index contributed by atoms with van der Waals surface area (Å²) in [5, 5.41) is 11.4. The molecule has 140 valence electrons. The van der Waals surface area contributed by atoms with Gasteiger partial charge in [-0.15, -0.1) is 11.3 Å². The number of carboxylic acids is 1. The van der Waals surface area contributed by atoms with Gasteiger partial charge in [0, 0.05) is 10.3 Å². The zero-order valence-electron chi connectivity index (χ0n) is 15.4. The molecule has 3 rings (SSSR count). The van der Waals surface area contributed by atoms with Crippen LogP contribution < -0.4 is 10.9 Å². The molecule has 3 N–H and O–H groups in total. The van der Waals surface area contributed by atoms with Crippen molar-refractivity contribution < 1.29 is 19.5 Å². The normalized spacial score (nSPS) is 26.7. The molecule has 4 atom stereocenters. The maximum Gasteiger partial charge on any atom is 0.307 e. The Hall–Kier alpha value is -2.15. The van der Waals surface area contributed by atoms with E-state index in [4.69, 9.17) is 0 Å². The second-order valence-electron chi connectivity index (χ2n) is 7.41. The lowest BCUT2D eigenvalue weighted by molar-refractivity contribution is -0.149. The molecule has 1 aromatic rings. The van der Waals surface area contributed by atoms with Crippen molar-refractivity contribution >= 4 is 29.1 Å². The Morgan fingerprint density at radius 3 is 2.19 bits per heavy atom. The monoisotopic (exact) mass is 376 g/mol. The molecule has 2 aliphatic carbocycles. The quantitative estimate of drug-likeness (QED) is 0.558. The highest BCUT2D eigenvalue weighted by Crippen LogP contribution is 2.57. The van der Waals surface area contributed by atoms with Gasteiger partial charge in [-0.2, -0.15) is 0 Å². The highest BCUT2D eigenvalue weighted by atomic mass is 32.1. The predicted octanol–water partition coefficient (Wildman–Crippen LogP) is 2.82. The van der Waals surface area contributed by atoms with Crippen LogP contribution in [0, 0.1) is 37.5 Å². The number of rotatable bonds is 3. The molecule has 6 nitrogen and oxygen atoms in total. The summed E-state index contributed by atoms with van der Waals surface area (Å²) in [4.78, 5) is 37.9. The van der Waals surface area contributed by atoms with Gasteiger partial charge in [-0.1, -0.05) is 11.1 Å². The number of fused-ring (bicyclic) bond motifs is 2. The molecule has 7 heteroatoms. The van der Waals surface area contributed by atoms with E-state index < -0.39 is 23.7 Å². The molecule has 2 saturated carbocycles. The van der Waals surface area contributed by atoms with Gasteiger partial charge in [0.25, 0.3) is 5.91 Å². The second kappa shape index (κ2) is 6.87. The molecule has 0 aliphatic heterocycles. The van der Waals surface area contributed by atoms with Gasteiger partial charge in [0.15, 0.2) is 0 Å². The lowest BCUT2D eigenvalue weighted by Gasteiger charge is -2.26. The van der Waals surface area contributed by atoms with Gasteiger partial charge in [-0.3, -0.25) is 25.2 Å². The van der Waals surface area contributed by atoms with E-state index in [9.17, 15) is 19.5 Å². The van der Waals surface area contributed by atoms with Gasteiger partial charge < -0.3 is 5.11 Å². The first-order valence-corrected chi connectivity index (χ1v) is 9.67. The summed E-state index contributed by atoms with van der Waals surface area (Å²) in [7, 11) is 0. The number of hydrazine groups is 1. The van der Waals surface area contributed by atoms with Gasteiger partial charge in [-0.05, 0) is 57.9 Å². The van der Waals surface area contributed by atoms with Crippen LogP contribution in [0.15, 0.2) is 16.5 Å². The SMILES string of the molecule is CC(C)=C1[C@H]2CC[C@@H]1[C@@H](C(=O)NNC(=O)c1csc(C)c1C)[C@@H]2C(=O)O. The van der Waals surface area contributed by atoms with Crippen molar-refractivity contribution in [3.8, 4) is 0 Å². The fraction of sp³-hybridized carbons (Fsp3) is 0.526. The van der Waals surface area contributed by atoms with Crippen molar-refractivity contribution in [2.24, 2.45) is 23.7 Å². The summed E-state index contributed by atoms with van der Waals surface area (Å²) < 4.78 is 0. The molecule has 2 fully saturated rings. The van der Waals surface area contributed by atoms with Crippen LogP contribution in [0.5, 0.6) is 0 Å². The summed E-state index contributed by atoms with van der Waals surface area (Å²) in [6.07, 6.45) is 1.63. The molecule has 1 aromatic heterocycles. The number of carboxylic acid groups (broad SMARTS) is 1. The van der Waals surface area contributed by atoms with E-state index in [0.717, 1.165) is 34.4 Å². The number of hydrogen-bond donors (Lipinski definition) is 3. The minimum Gasteiger partial charge on any atom is -0.481 e. The topological polar surface area (TPSA) is 95.5 Å². The number of thiophene rings is 1. The summed E-state index contributed by atoms with van der Waals surface area (Å²) in [5.41, 5.74) is 8.56. The van der Waals surface area contributed by atoms with Gasteiger partial charge in [0.1, 0.15) is 0 Å². The maximum absolute atomic E-state index is 12.7. The average molecular weight is 376 g/mol. The predicted molar refractivity (Wildman–Crippen MR) is 98.6 cm³/mol. The number of carbonyl (C=O) groups is 3. The fourth-order valence-electron chi connectivity index (χ4n) is 4.61. The van der Waals surface area contributed by atoms with E-state index in [1.165, 1.54) is 11.3 Å². The van der Waals surface area contributed by atoms with Gasteiger partial charge in [0.2, 0.25) is 5.91 Å². The Bertz CT molecular complexity index is 806. The van der Waals surface area contributed by atoms with Crippen molar-refractivity contribution in [1.82, 2.24) is 10.9 Å².